The van der Waals surface area contributed by atoms with E-state index in [9.17, 15) is 0 Å². The van der Waals surface area contributed by atoms with Gasteiger partial charge >= 0.3 is 0 Å². The van der Waals surface area contributed by atoms with Crippen molar-refractivity contribution in [2.45, 2.75) is 46.3 Å². The Kier molecular flexibility index (Phi) is 8.95. The highest BCUT2D eigenvalue weighted by molar-refractivity contribution is 14.0. The number of hydrogen-bond acceptors (Lipinski definition) is 3. The summed E-state index contributed by atoms with van der Waals surface area (Å²) in [4.78, 5) is 12.7. The number of aliphatic imine (C=N–C) groups is 1. The molecule has 3 aromatic rings. The summed E-state index contributed by atoms with van der Waals surface area (Å²) in [6.45, 7) is 10.3. The minimum atomic E-state index is -0.241. The van der Waals surface area contributed by atoms with Gasteiger partial charge in [0.05, 0.1) is 17.6 Å². The van der Waals surface area contributed by atoms with Crippen molar-refractivity contribution in [3.63, 3.8) is 0 Å². The third kappa shape index (κ3) is 7.19. The molecule has 2 aromatic carbocycles. The van der Waals surface area contributed by atoms with Crippen LogP contribution in [0.25, 0.3) is 11.0 Å². The number of hydrogen-bond donors (Lipinski definition) is 3. The molecule has 6 nitrogen and oxygen atoms in total. The Morgan fingerprint density at radius 3 is 2.53 bits per heavy atom. The number of H-pyrrole nitrogens is 1. The maximum atomic E-state index is 6.07. The van der Waals surface area contributed by atoms with Crippen LogP contribution < -0.4 is 15.4 Å². The lowest BCUT2D eigenvalue weighted by Gasteiger charge is -2.23. The molecule has 3 N–H and O–H groups in total. The predicted molar refractivity (Wildman–Crippen MR) is 135 cm³/mol. The van der Waals surface area contributed by atoms with Crippen molar-refractivity contribution in [1.82, 2.24) is 20.6 Å². The molecule has 0 spiro atoms. The maximum absolute atomic E-state index is 6.07. The number of fused-ring (bicyclic) bond motifs is 1. The van der Waals surface area contributed by atoms with E-state index in [-0.39, 0.29) is 29.6 Å². The van der Waals surface area contributed by atoms with Crippen molar-refractivity contribution in [3.05, 3.63) is 59.9 Å². The third-order valence-electron chi connectivity index (χ3n) is 4.23. The molecule has 30 heavy (non-hydrogen) atoms. The number of rotatable bonds is 7. The van der Waals surface area contributed by atoms with Gasteiger partial charge in [0.15, 0.2) is 5.96 Å². The van der Waals surface area contributed by atoms with Gasteiger partial charge in [-0.15, -0.1) is 24.0 Å². The van der Waals surface area contributed by atoms with E-state index in [0.29, 0.717) is 6.54 Å². The second-order valence-electron chi connectivity index (χ2n) is 7.89. The lowest BCUT2D eigenvalue weighted by Crippen LogP contribution is -2.38. The third-order valence-corrected chi connectivity index (χ3v) is 4.23. The first-order valence-corrected chi connectivity index (χ1v) is 10.2. The van der Waals surface area contributed by atoms with Crippen molar-refractivity contribution in [1.29, 1.82) is 0 Å². The fraction of sp³-hybridized carbons (Fsp3) is 0.391. The molecule has 0 aliphatic rings. The van der Waals surface area contributed by atoms with Crippen LogP contribution in [0, 0.1) is 0 Å². The summed E-state index contributed by atoms with van der Waals surface area (Å²) in [5.74, 6) is 2.63. The second-order valence-corrected chi connectivity index (χ2v) is 7.89. The molecule has 7 heteroatoms. The molecule has 0 bridgehead atoms. The summed E-state index contributed by atoms with van der Waals surface area (Å²) in [5, 5.41) is 6.69. The molecule has 0 fully saturated rings. The lowest BCUT2D eigenvalue weighted by molar-refractivity contribution is 0.129. The second kappa shape index (κ2) is 11.2. The van der Waals surface area contributed by atoms with E-state index in [2.05, 4.69) is 54.4 Å². The molecule has 0 saturated heterocycles. The number of benzene rings is 2. The Hall–Kier alpha value is -2.29. The minimum Gasteiger partial charge on any atom is -0.488 e. The highest BCUT2D eigenvalue weighted by Gasteiger charge is 2.14. The van der Waals surface area contributed by atoms with Crippen LogP contribution in [0.3, 0.4) is 0 Å². The molecule has 3 rings (SSSR count). The van der Waals surface area contributed by atoms with Crippen LogP contribution in [0.5, 0.6) is 5.75 Å². The quantitative estimate of drug-likeness (QED) is 0.240. The van der Waals surface area contributed by atoms with Crippen molar-refractivity contribution >= 4 is 41.0 Å². The van der Waals surface area contributed by atoms with Gasteiger partial charge in [-0.05, 0) is 45.9 Å². The topological polar surface area (TPSA) is 74.3 Å². The normalized spacial score (nSPS) is 11.8. The number of guanidine groups is 1. The Bertz CT molecular complexity index is 928. The van der Waals surface area contributed by atoms with Gasteiger partial charge in [-0.1, -0.05) is 30.3 Å². The zero-order valence-corrected chi connectivity index (χ0v) is 20.5. The maximum Gasteiger partial charge on any atom is 0.191 e. The standard InChI is InChI=1S/C23H31N5O.HI/c1-5-24-22(25-15-14-21-27-18-11-7-8-12-19(18)28-21)26-16-17-10-6-9-13-20(17)29-23(2,3)4;/h6-13H,5,14-16H2,1-4H3,(H,27,28)(H2,24,25,26);1H. The summed E-state index contributed by atoms with van der Waals surface area (Å²) in [7, 11) is 0. The van der Waals surface area contributed by atoms with Gasteiger partial charge in [-0.25, -0.2) is 9.98 Å². The summed E-state index contributed by atoms with van der Waals surface area (Å²) in [6.07, 6.45) is 0.794. The molecular formula is C23H32IN5O. The molecule has 162 valence electrons. The van der Waals surface area contributed by atoms with Crippen LogP contribution in [-0.2, 0) is 13.0 Å². The Balaban J connectivity index is 0.00000320. The average Bonchev–Trinajstić information content (AvgIpc) is 3.08. The molecule has 0 radical (unpaired) electrons. The van der Waals surface area contributed by atoms with Crippen molar-refractivity contribution in [2.75, 3.05) is 13.1 Å². The zero-order valence-electron chi connectivity index (χ0n) is 18.2. The number of nitrogens with one attached hydrogen (secondary N) is 3. The first-order chi connectivity index (χ1) is 13.9. The fourth-order valence-electron chi connectivity index (χ4n) is 2.99. The number of aromatic nitrogens is 2. The van der Waals surface area contributed by atoms with Crippen LogP contribution in [-0.4, -0.2) is 34.6 Å². The fourth-order valence-corrected chi connectivity index (χ4v) is 2.99. The van der Waals surface area contributed by atoms with Gasteiger partial charge in [-0.3, -0.25) is 0 Å². The molecule has 0 atom stereocenters. The van der Waals surface area contributed by atoms with Gasteiger partial charge in [0.25, 0.3) is 0 Å². The van der Waals surface area contributed by atoms with E-state index >= 15 is 0 Å². The molecule has 1 heterocycles. The van der Waals surface area contributed by atoms with Crippen molar-refractivity contribution in [2.24, 2.45) is 4.99 Å². The monoisotopic (exact) mass is 521 g/mol. The van der Waals surface area contributed by atoms with Gasteiger partial charge < -0.3 is 20.4 Å². The first kappa shape index (κ1) is 24.0. The Labute approximate surface area is 196 Å². The molecule has 0 amide bonds. The van der Waals surface area contributed by atoms with Gasteiger partial charge in [0, 0.05) is 25.1 Å². The van der Waals surface area contributed by atoms with E-state index in [4.69, 9.17) is 9.73 Å². The number of nitrogens with zero attached hydrogens (tertiary/aromatic N) is 2. The first-order valence-electron chi connectivity index (χ1n) is 10.2. The highest BCUT2D eigenvalue weighted by Crippen LogP contribution is 2.23. The molecule has 0 aliphatic heterocycles. The van der Waals surface area contributed by atoms with E-state index in [1.54, 1.807) is 0 Å². The van der Waals surface area contributed by atoms with Gasteiger partial charge in [-0.2, -0.15) is 0 Å². The Morgan fingerprint density at radius 2 is 1.80 bits per heavy atom. The zero-order chi connectivity index (χ0) is 20.7. The van der Waals surface area contributed by atoms with Crippen molar-refractivity contribution < 1.29 is 4.74 Å². The van der Waals surface area contributed by atoms with E-state index in [1.807, 2.05) is 42.5 Å². The van der Waals surface area contributed by atoms with Crippen molar-refractivity contribution in [3.8, 4) is 5.75 Å². The van der Waals surface area contributed by atoms with Crippen LogP contribution in [0.4, 0.5) is 0 Å². The lowest BCUT2D eigenvalue weighted by atomic mass is 10.1. The summed E-state index contributed by atoms with van der Waals surface area (Å²) >= 11 is 0. The number of halogens is 1. The van der Waals surface area contributed by atoms with E-state index < -0.39 is 0 Å². The molecule has 0 saturated carbocycles. The van der Waals surface area contributed by atoms with Crippen LogP contribution in [0.1, 0.15) is 39.1 Å². The minimum absolute atomic E-state index is 0. The molecular weight excluding hydrogens is 489 g/mol. The number of imidazole rings is 1. The summed E-state index contributed by atoms with van der Waals surface area (Å²) < 4.78 is 6.07. The number of para-hydroxylation sites is 3. The highest BCUT2D eigenvalue weighted by atomic mass is 127. The average molecular weight is 521 g/mol. The van der Waals surface area contributed by atoms with Crippen LogP contribution >= 0.6 is 24.0 Å². The van der Waals surface area contributed by atoms with Crippen LogP contribution in [0.15, 0.2) is 53.5 Å². The van der Waals surface area contributed by atoms with Crippen LogP contribution in [0.2, 0.25) is 0 Å². The number of aromatic amines is 1. The van der Waals surface area contributed by atoms with E-state index in [0.717, 1.165) is 53.6 Å². The SMILES string of the molecule is CCNC(=NCc1ccccc1OC(C)(C)C)NCCc1nc2ccccc2[nH]1.I. The van der Waals surface area contributed by atoms with E-state index in [1.165, 1.54) is 0 Å². The molecule has 1 aromatic heterocycles. The Morgan fingerprint density at radius 1 is 1.07 bits per heavy atom. The van der Waals surface area contributed by atoms with Gasteiger partial charge in [0.2, 0.25) is 0 Å². The summed E-state index contributed by atoms with van der Waals surface area (Å²) in [5.41, 5.74) is 2.89. The number of ether oxygens (including phenoxy) is 1. The molecule has 0 unspecified atom stereocenters. The molecule has 0 aliphatic carbocycles. The van der Waals surface area contributed by atoms with Gasteiger partial charge in [0.1, 0.15) is 17.2 Å². The summed E-state index contributed by atoms with van der Waals surface area (Å²) in [6, 6.07) is 16.1. The largest absolute Gasteiger partial charge is 0.488 e. The predicted octanol–water partition coefficient (Wildman–Crippen LogP) is 4.66. The smallest absolute Gasteiger partial charge is 0.191 e.